The van der Waals surface area contributed by atoms with Gasteiger partial charge in [-0.2, -0.15) is 5.26 Å². The van der Waals surface area contributed by atoms with Gasteiger partial charge < -0.3 is 0 Å². The van der Waals surface area contributed by atoms with E-state index in [0.29, 0.717) is 18.9 Å². The number of likely N-dealkylation sites (tertiary alicyclic amines) is 1. The van der Waals surface area contributed by atoms with Crippen LogP contribution >= 0.6 is 0 Å². The Hall–Kier alpha value is -0.620. The third kappa shape index (κ3) is 2.19. The Kier molecular flexibility index (Phi) is 2.50. The number of hydrogen-bond acceptors (Lipinski definition) is 2. The molecule has 0 aromatic rings. The van der Waals surface area contributed by atoms with Crippen molar-refractivity contribution in [1.82, 2.24) is 4.90 Å². The molecule has 72 valence electrons. The molecule has 13 heavy (non-hydrogen) atoms. The summed E-state index contributed by atoms with van der Waals surface area (Å²) in [6.07, 6.45) is 2.40. The molecule has 2 atom stereocenters. The van der Waals surface area contributed by atoms with E-state index in [4.69, 9.17) is 5.26 Å². The van der Waals surface area contributed by atoms with E-state index in [1.807, 2.05) is 0 Å². The molecule has 0 aromatic carbocycles. The topological polar surface area (TPSA) is 27.0 Å². The molecule has 1 aliphatic carbocycles. The van der Waals surface area contributed by atoms with E-state index in [0.717, 1.165) is 13.1 Å². The van der Waals surface area contributed by atoms with Gasteiger partial charge in [0.2, 0.25) is 0 Å². The van der Waals surface area contributed by atoms with Crippen molar-refractivity contribution >= 4 is 0 Å². The third-order valence-corrected chi connectivity index (χ3v) is 3.03. The van der Waals surface area contributed by atoms with Crippen molar-refractivity contribution in [3.63, 3.8) is 0 Å². The minimum Gasteiger partial charge on any atom is -0.299 e. The van der Waals surface area contributed by atoms with Crippen molar-refractivity contribution in [3.05, 3.63) is 0 Å². The summed E-state index contributed by atoms with van der Waals surface area (Å²) in [5, 5.41) is 8.89. The standard InChI is InChI=1S/C10H15FN2/c11-10-3-4-13(7-10)6-9(5-12)8-1-2-8/h8-10H,1-4,6-7H2. The van der Waals surface area contributed by atoms with Crippen molar-refractivity contribution in [2.24, 2.45) is 11.8 Å². The van der Waals surface area contributed by atoms with Crippen molar-refractivity contribution < 1.29 is 4.39 Å². The van der Waals surface area contributed by atoms with Gasteiger partial charge in [-0.05, 0) is 25.2 Å². The molecular formula is C10H15FN2. The Morgan fingerprint density at radius 1 is 1.46 bits per heavy atom. The number of hydrogen-bond donors (Lipinski definition) is 0. The first-order chi connectivity index (χ1) is 6.29. The lowest BCUT2D eigenvalue weighted by atomic mass is 10.1. The molecule has 0 bridgehead atoms. The average Bonchev–Trinajstić information content (AvgIpc) is 2.87. The molecule has 0 amide bonds. The first kappa shape index (κ1) is 8.96. The Morgan fingerprint density at radius 2 is 2.23 bits per heavy atom. The van der Waals surface area contributed by atoms with Crippen molar-refractivity contribution in [2.75, 3.05) is 19.6 Å². The Labute approximate surface area is 78.3 Å². The van der Waals surface area contributed by atoms with E-state index in [-0.39, 0.29) is 5.92 Å². The molecule has 1 saturated heterocycles. The summed E-state index contributed by atoms with van der Waals surface area (Å²) < 4.78 is 12.8. The van der Waals surface area contributed by atoms with Crippen LogP contribution in [0.3, 0.4) is 0 Å². The summed E-state index contributed by atoms with van der Waals surface area (Å²) in [5.41, 5.74) is 0. The van der Waals surface area contributed by atoms with Gasteiger partial charge in [0.1, 0.15) is 6.17 Å². The van der Waals surface area contributed by atoms with Crippen LogP contribution in [-0.4, -0.2) is 30.7 Å². The predicted octanol–water partition coefficient (Wildman–Crippen LogP) is 1.58. The highest BCUT2D eigenvalue weighted by atomic mass is 19.1. The lowest BCUT2D eigenvalue weighted by Gasteiger charge is -2.17. The van der Waals surface area contributed by atoms with Gasteiger partial charge >= 0.3 is 0 Å². The number of rotatable bonds is 3. The highest BCUT2D eigenvalue weighted by Crippen LogP contribution is 2.37. The van der Waals surface area contributed by atoms with E-state index < -0.39 is 6.17 Å². The summed E-state index contributed by atoms with van der Waals surface area (Å²) in [6, 6.07) is 2.34. The molecular weight excluding hydrogens is 167 g/mol. The summed E-state index contributed by atoms with van der Waals surface area (Å²) in [7, 11) is 0. The fraction of sp³-hybridized carbons (Fsp3) is 0.900. The molecule has 2 unspecified atom stereocenters. The smallest absolute Gasteiger partial charge is 0.114 e. The molecule has 2 fully saturated rings. The van der Waals surface area contributed by atoms with Crippen LogP contribution in [0.2, 0.25) is 0 Å². The third-order valence-electron chi connectivity index (χ3n) is 3.03. The molecule has 1 saturated carbocycles. The van der Waals surface area contributed by atoms with E-state index in [2.05, 4.69) is 11.0 Å². The molecule has 2 rings (SSSR count). The van der Waals surface area contributed by atoms with Gasteiger partial charge in [0, 0.05) is 19.6 Å². The van der Waals surface area contributed by atoms with Crippen molar-refractivity contribution in [2.45, 2.75) is 25.4 Å². The van der Waals surface area contributed by atoms with Crippen LogP contribution in [0.25, 0.3) is 0 Å². The van der Waals surface area contributed by atoms with Crippen LogP contribution in [0.4, 0.5) is 4.39 Å². The van der Waals surface area contributed by atoms with E-state index in [1.165, 1.54) is 12.8 Å². The largest absolute Gasteiger partial charge is 0.299 e. The monoisotopic (exact) mass is 182 g/mol. The van der Waals surface area contributed by atoms with Crippen LogP contribution in [-0.2, 0) is 0 Å². The number of nitrogens with zero attached hydrogens (tertiary/aromatic N) is 2. The van der Waals surface area contributed by atoms with Crippen LogP contribution in [0.1, 0.15) is 19.3 Å². The van der Waals surface area contributed by atoms with Gasteiger partial charge in [-0.1, -0.05) is 0 Å². The lowest BCUT2D eigenvalue weighted by Crippen LogP contribution is -2.28. The second kappa shape index (κ2) is 3.63. The molecule has 0 aromatic heterocycles. The number of halogens is 1. The van der Waals surface area contributed by atoms with Crippen LogP contribution in [0.5, 0.6) is 0 Å². The van der Waals surface area contributed by atoms with Crippen molar-refractivity contribution in [3.8, 4) is 6.07 Å². The van der Waals surface area contributed by atoms with Crippen LogP contribution in [0, 0.1) is 23.2 Å². The number of nitriles is 1. The highest BCUT2D eigenvalue weighted by molar-refractivity contribution is 4.96. The second-order valence-electron chi connectivity index (χ2n) is 4.22. The Bertz CT molecular complexity index is 219. The van der Waals surface area contributed by atoms with Gasteiger partial charge in [0.05, 0.1) is 12.0 Å². The summed E-state index contributed by atoms with van der Waals surface area (Å²) >= 11 is 0. The summed E-state index contributed by atoms with van der Waals surface area (Å²) in [4.78, 5) is 2.09. The minimum atomic E-state index is -0.654. The molecule has 0 spiro atoms. The van der Waals surface area contributed by atoms with E-state index >= 15 is 0 Å². The van der Waals surface area contributed by atoms with Gasteiger partial charge in [0.25, 0.3) is 0 Å². The van der Waals surface area contributed by atoms with Gasteiger partial charge in [-0.25, -0.2) is 4.39 Å². The predicted molar refractivity (Wildman–Crippen MR) is 47.8 cm³/mol. The SMILES string of the molecule is N#CC(CN1CCC(F)C1)C1CC1. The Balaban J connectivity index is 1.79. The molecule has 0 radical (unpaired) electrons. The molecule has 1 heterocycles. The van der Waals surface area contributed by atoms with E-state index in [9.17, 15) is 4.39 Å². The van der Waals surface area contributed by atoms with Gasteiger partial charge in [0.15, 0.2) is 0 Å². The normalized spacial score (nSPS) is 31.5. The zero-order chi connectivity index (χ0) is 9.26. The quantitative estimate of drug-likeness (QED) is 0.662. The maximum Gasteiger partial charge on any atom is 0.114 e. The maximum absolute atomic E-state index is 12.8. The lowest BCUT2D eigenvalue weighted by molar-refractivity contribution is 0.261. The molecule has 0 N–H and O–H groups in total. The fourth-order valence-electron chi connectivity index (χ4n) is 2.02. The zero-order valence-corrected chi connectivity index (χ0v) is 7.75. The molecule has 2 aliphatic rings. The number of alkyl halides is 1. The maximum atomic E-state index is 12.8. The molecule has 1 aliphatic heterocycles. The van der Waals surface area contributed by atoms with Gasteiger partial charge in [-0.3, -0.25) is 4.90 Å². The second-order valence-corrected chi connectivity index (χ2v) is 4.22. The Morgan fingerprint density at radius 3 is 2.69 bits per heavy atom. The first-order valence-corrected chi connectivity index (χ1v) is 5.05. The van der Waals surface area contributed by atoms with Gasteiger partial charge in [-0.15, -0.1) is 0 Å². The molecule has 2 nitrogen and oxygen atoms in total. The van der Waals surface area contributed by atoms with Crippen molar-refractivity contribution in [1.29, 1.82) is 5.26 Å². The fourth-order valence-corrected chi connectivity index (χ4v) is 2.02. The zero-order valence-electron chi connectivity index (χ0n) is 7.75. The average molecular weight is 182 g/mol. The summed E-state index contributed by atoms with van der Waals surface area (Å²) in [6.45, 7) is 2.18. The molecule has 3 heteroatoms. The first-order valence-electron chi connectivity index (χ1n) is 5.05. The van der Waals surface area contributed by atoms with E-state index in [1.54, 1.807) is 0 Å². The van der Waals surface area contributed by atoms with Crippen LogP contribution < -0.4 is 0 Å². The van der Waals surface area contributed by atoms with Crippen LogP contribution in [0.15, 0.2) is 0 Å². The highest BCUT2D eigenvalue weighted by Gasteiger charge is 2.34. The summed E-state index contributed by atoms with van der Waals surface area (Å²) in [5.74, 6) is 0.772. The minimum absolute atomic E-state index is 0.158.